The number of rotatable bonds is 4. The molecule has 0 spiro atoms. The van der Waals surface area contributed by atoms with E-state index in [1.807, 2.05) is 7.11 Å². The van der Waals surface area contributed by atoms with Gasteiger partial charge in [-0.05, 0) is 43.7 Å². The highest BCUT2D eigenvalue weighted by Crippen LogP contribution is 2.38. The maximum absolute atomic E-state index is 5.45. The van der Waals surface area contributed by atoms with E-state index in [1.165, 1.54) is 51.6 Å². The Balaban J connectivity index is 1.90. The van der Waals surface area contributed by atoms with Gasteiger partial charge in [-0.2, -0.15) is 0 Å². The first-order valence-electron chi connectivity index (χ1n) is 6.61. The molecule has 1 N–H and O–H groups in total. The van der Waals surface area contributed by atoms with Crippen LogP contribution in [0, 0.1) is 17.8 Å². The first kappa shape index (κ1) is 11.4. The van der Waals surface area contributed by atoms with Crippen molar-refractivity contribution in [3.8, 4) is 0 Å². The topological polar surface area (TPSA) is 21.3 Å². The minimum absolute atomic E-state index is 0.847. The van der Waals surface area contributed by atoms with E-state index >= 15 is 0 Å². The molecule has 0 aromatic rings. The molecule has 2 rings (SSSR count). The van der Waals surface area contributed by atoms with Crippen molar-refractivity contribution in [2.45, 2.75) is 38.5 Å². The van der Waals surface area contributed by atoms with E-state index in [0.29, 0.717) is 0 Å². The molecular formula is C13H25NO. The third-order valence-electron chi connectivity index (χ3n) is 4.35. The van der Waals surface area contributed by atoms with Crippen LogP contribution < -0.4 is 5.32 Å². The van der Waals surface area contributed by atoms with Crippen LogP contribution in [-0.4, -0.2) is 26.8 Å². The van der Waals surface area contributed by atoms with Crippen LogP contribution in [0.4, 0.5) is 0 Å². The molecule has 0 bridgehead atoms. The van der Waals surface area contributed by atoms with Gasteiger partial charge in [0, 0.05) is 13.7 Å². The van der Waals surface area contributed by atoms with E-state index in [2.05, 4.69) is 5.32 Å². The summed E-state index contributed by atoms with van der Waals surface area (Å²) in [4.78, 5) is 0. The van der Waals surface area contributed by atoms with Gasteiger partial charge >= 0.3 is 0 Å². The summed E-state index contributed by atoms with van der Waals surface area (Å²) in [7, 11) is 1.86. The molecule has 0 radical (unpaired) electrons. The third-order valence-corrected chi connectivity index (χ3v) is 4.35. The fourth-order valence-corrected chi connectivity index (χ4v) is 3.51. The fourth-order valence-electron chi connectivity index (χ4n) is 3.51. The molecular weight excluding hydrogens is 186 g/mol. The largest absolute Gasteiger partial charge is 0.384 e. The summed E-state index contributed by atoms with van der Waals surface area (Å²) in [6.45, 7) is 3.44. The summed E-state index contributed by atoms with van der Waals surface area (Å²) in [5, 5.41) is 3.46. The second-order valence-electron chi connectivity index (χ2n) is 5.25. The van der Waals surface area contributed by atoms with Crippen LogP contribution >= 0.6 is 0 Å². The summed E-state index contributed by atoms with van der Waals surface area (Å²) < 4.78 is 5.45. The first-order chi connectivity index (χ1) is 7.42. The zero-order valence-corrected chi connectivity index (χ0v) is 10.0. The van der Waals surface area contributed by atoms with E-state index in [1.54, 1.807) is 0 Å². The van der Waals surface area contributed by atoms with Crippen molar-refractivity contribution in [2.24, 2.45) is 17.8 Å². The Morgan fingerprint density at radius 1 is 1.07 bits per heavy atom. The molecule has 1 saturated carbocycles. The molecule has 2 fully saturated rings. The molecule has 88 valence electrons. The van der Waals surface area contributed by atoms with Crippen molar-refractivity contribution in [1.29, 1.82) is 0 Å². The van der Waals surface area contributed by atoms with E-state index in [4.69, 9.17) is 4.74 Å². The number of piperidine rings is 1. The molecule has 1 saturated heterocycles. The van der Waals surface area contributed by atoms with Gasteiger partial charge in [0.15, 0.2) is 0 Å². The number of hydrogen-bond donors (Lipinski definition) is 1. The summed E-state index contributed by atoms with van der Waals surface area (Å²) in [6.07, 6.45) is 8.55. The Hall–Kier alpha value is -0.0800. The minimum Gasteiger partial charge on any atom is -0.384 e. The molecule has 1 aliphatic carbocycles. The average molecular weight is 211 g/mol. The van der Waals surface area contributed by atoms with Gasteiger partial charge in [-0.3, -0.25) is 0 Å². The maximum atomic E-state index is 5.45. The van der Waals surface area contributed by atoms with Crippen molar-refractivity contribution in [1.82, 2.24) is 5.32 Å². The number of ether oxygens (including phenoxy) is 1. The van der Waals surface area contributed by atoms with Crippen molar-refractivity contribution >= 4 is 0 Å². The SMILES string of the molecule is COCC(C1CCCC1)C1CCNCC1. The van der Waals surface area contributed by atoms with Gasteiger partial charge in [-0.15, -0.1) is 0 Å². The van der Waals surface area contributed by atoms with Crippen LogP contribution in [0.5, 0.6) is 0 Å². The zero-order valence-electron chi connectivity index (χ0n) is 10.0. The lowest BCUT2D eigenvalue weighted by Gasteiger charge is -2.34. The Labute approximate surface area is 93.8 Å². The molecule has 2 nitrogen and oxygen atoms in total. The van der Waals surface area contributed by atoms with Crippen LogP contribution in [0.1, 0.15) is 38.5 Å². The van der Waals surface area contributed by atoms with Crippen molar-refractivity contribution < 1.29 is 4.74 Å². The predicted octanol–water partition coefficient (Wildman–Crippen LogP) is 2.44. The predicted molar refractivity (Wildman–Crippen MR) is 62.9 cm³/mol. The second kappa shape index (κ2) is 5.86. The lowest BCUT2D eigenvalue weighted by Crippen LogP contribution is -2.35. The molecule has 0 amide bonds. The Kier molecular flexibility index (Phi) is 4.45. The molecule has 15 heavy (non-hydrogen) atoms. The minimum atomic E-state index is 0.847. The number of nitrogens with one attached hydrogen (secondary N) is 1. The quantitative estimate of drug-likeness (QED) is 0.771. The molecule has 1 atom stereocenters. The van der Waals surface area contributed by atoms with Crippen LogP contribution in [0.3, 0.4) is 0 Å². The maximum Gasteiger partial charge on any atom is 0.0495 e. The first-order valence-corrected chi connectivity index (χ1v) is 6.61. The number of methoxy groups -OCH3 is 1. The van der Waals surface area contributed by atoms with E-state index in [-0.39, 0.29) is 0 Å². The van der Waals surface area contributed by atoms with Crippen LogP contribution in [0.25, 0.3) is 0 Å². The van der Waals surface area contributed by atoms with Crippen LogP contribution in [0.2, 0.25) is 0 Å². The summed E-state index contributed by atoms with van der Waals surface area (Å²) in [6, 6.07) is 0. The lowest BCUT2D eigenvalue weighted by molar-refractivity contribution is 0.0705. The van der Waals surface area contributed by atoms with Crippen LogP contribution in [-0.2, 0) is 4.74 Å². The van der Waals surface area contributed by atoms with Crippen molar-refractivity contribution in [3.63, 3.8) is 0 Å². The summed E-state index contributed by atoms with van der Waals surface area (Å²) in [5.74, 6) is 2.74. The fraction of sp³-hybridized carbons (Fsp3) is 1.00. The smallest absolute Gasteiger partial charge is 0.0495 e. The highest BCUT2D eigenvalue weighted by atomic mass is 16.5. The molecule has 2 aliphatic rings. The molecule has 0 aromatic carbocycles. The van der Waals surface area contributed by atoms with Crippen molar-refractivity contribution in [2.75, 3.05) is 26.8 Å². The molecule has 1 unspecified atom stereocenters. The van der Waals surface area contributed by atoms with E-state index in [9.17, 15) is 0 Å². The van der Waals surface area contributed by atoms with Crippen LogP contribution in [0.15, 0.2) is 0 Å². The van der Waals surface area contributed by atoms with Gasteiger partial charge < -0.3 is 10.1 Å². The highest BCUT2D eigenvalue weighted by molar-refractivity contribution is 4.83. The molecule has 1 aliphatic heterocycles. The average Bonchev–Trinajstić information content (AvgIpc) is 2.80. The standard InChI is InChI=1S/C13H25NO/c1-15-10-13(11-4-2-3-5-11)12-6-8-14-9-7-12/h11-14H,2-10H2,1H3. The monoisotopic (exact) mass is 211 g/mol. The highest BCUT2D eigenvalue weighted by Gasteiger charge is 2.31. The lowest BCUT2D eigenvalue weighted by atomic mass is 9.76. The van der Waals surface area contributed by atoms with Gasteiger partial charge in [0.05, 0.1) is 0 Å². The molecule has 1 heterocycles. The van der Waals surface area contributed by atoms with E-state index < -0.39 is 0 Å². The number of hydrogen-bond acceptors (Lipinski definition) is 2. The Morgan fingerprint density at radius 3 is 2.27 bits per heavy atom. The second-order valence-corrected chi connectivity index (χ2v) is 5.25. The summed E-state index contributed by atoms with van der Waals surface area (Å²) in [5.41, 5.74) is 0. The third kappa shape index (κ3) is 2.94. The summed E-state index contributed by atoms with van der Waals surface area (Å²) >= 11 is 0. The Morgan fingerprint density at radius 2 is 1.67 bits per heavy atom. The molecule has 2 heteroatoms. The zero-order chi connectivity index (χ0) is 10.5. The van der Waals surface area contributed by atoms with Gasteiger partial charge in [0.2, 0.25) is 0 Å². The van der Waals surface area contributed by atoms with Crippen molar-refractivity contribution in [3.05, 3.63) is 0 Å². The van der Waals surface area contributed by atoms with E-state index in [0.717, 1.165) is 24.4 Å². The van der Waals surface area contributed by atoms with Gasteiger partial charge in [0.25, 0.3) is 0 Å². The molecule has 0 aromatic heterocycles. The Bertz CT molecular complexity index is 171. The van der Waals surface area contributed by atoms with Gasteiger partial charge in [-0.25, -0.2) is 0 Å². The normalized spacial score (nSPS) is 27.0. The van der Waals surface area contributed by atoms with Gasteiger partial charge in [0.1, 0.15) is 0 Å². The van der Waals surface area contributed by atoms with Gasteiger partial charge in [-0.1, -0.05) is 25.7 Å².